The Hall–Kier alpha value is -2.64. The number of aryl methyl sites for hydroxylation is 2. The van der Waals surface area contributed by atoms with E-state index in [9.17, 15) is 4.79 Å². The minimum absolute atomic E-state index is 0.219. The molecule has 2 N–H and O–H groups in total. The third kappa shape index (κ3) is 3.68. The van der Waals surface area contributed by atoms with E-state index in [-0.39, 0.29) is 12.5 Å². The van der Waals surface area contributed by atoms with Gasteiger partial charge in [-0.2, -0.15) is 0 Å². The van der Waals surface area contributed by atoms with Gasteiger partial charge in [-0.3, -0.25) is 9.78 Å². The molecule has 0 aliphatic carbocycles. The van der Waals surface area contributed by atoms with E-state index < -0.39 is 0 Å². The molecule has 21 heavy (non-hydrogen) atoms. The Labute approximate surface area is 123 Å². The number of benzene rings is 1. The van der Waals surface area contributed by atoms with Crippen molar-refractivity contribution in [3.63, 3.8) is 0 Å². The molecule has 0 saturated heterocycles. The summed E-state index contributed by atoms with van der Waals surface area (Å²) >= 11 is 0. The Bertz CT molecular complexity index is 727. The first-order chi connectivity index (χ1) is 10.1. The molecular weight excluding hydrogens is 264 g/mol. The van der Waals surface area contributed by atoms with E-state index in [2.05, 4.69) is 22.1 Å². The van der Waals surface area contributed by atoms with Crippen molar-refractivity contribution in [3.8, 4) is 11.8 Å². The number of nitrogens with one attached hydrogen (secondary N) is 1. The maximum atomic E-state index is 12.3. The molecule has 0 fully saturated rings. The van der Waals surface area contributed by atoms with Gasteiger partial charge in [-0.15, -0.1) is 0 Å². The predicted octanol–water partition coefficient (Wildman–Crippen LogP) is 2.29. The number of pyridine rings is 1. The molecule has 106 valence electrons. The predicted molar refractivity (Wildman–Crippen MR) is 82.1 cm³/mol. The first-order valence-electron chi connectivity index (χ1n) is 6.55. The second-order valence-corrected chi connectivity index (χ2v) is 4.60. The lowest BCUT2D eigenvalue weighted by atomic mass is 10.1. The fourth-order valence-electron chi connectivity index (χ4n) is 1.92. The van der Waals surface area contributed by atoms with Crippen LogP contribution >= 0.6 is 0 Å². The fourth-order valence-corrected chi connectivity index (χ4v) is 1.92. The molecule has 0 radical (unpaired) electrons. The highest BCUT2D eigenvalue weighted by Gasteiger charge is 2.11. The maximum Gasteiger partial charge on any atom is 0.257 e. The number of carbonyl (C=O) groups excluding carboxylic acids is 1. The summed E-state index contributed by atoms with van der Waals surface area (Å²) < 4.78 is 0. The van der Waals surface area contributed by atoms with E-state index in [1.54, 1.807) is 31.3 Å². The Morgan fingerprint density at radius 2 is 2.14 bits per heavy atom. The van der Waals surface area contributed by atoms with Crippen molar-refractivity contribution in [2.45, 2.75) is 13.8 Å². The lowest BCUT2D eigenvalue weighted by molar-refractivity contribution is 0.102. The average Bonchev–Trinajstić information content (AvgIpc) is 2.47. The number of aromatic nitrogens is 1. The van der Waals surface area contributed by atoms with Gasteiger partial charge in [0.25, 0.3) is 5.91 Å². The van der Waals surface area contributed by atoms with Gasteiger partial charge in [0.05, 0.1) is 11.3 Å². The summed E-state index contributed by atoms with van der Waals surface area (Å²) in [5, 5.41) is 11.7. The van der Waals surface area contributed by atoms with Crippen molar-refractivity contribution in [2.24, 2.45) is 0 Å². The Morgan fingerprint density at radius 1 is 1.33 bits per heavy atom. The van der Waals surface area contributed by atoms with Crippen LogP contribution in [-0.2, 0) is 0 Å². The van der Waals surface area contributed by atoms with E-state index in [4.69, 9.17) is 5.11 Å². The van der Waals surface area contributed by atoms with Gasteiger partial charge >= 0.3 is 0 Å². The van der Waals surface area contributed by atoms with Gasteiger partial charge in [0, 0.05) is 17.5 Å². The van der Waals surface area contributed by atoms with Crippen molar-refractivity contribution in [1.82, 2.24) is 4.98 Å². The standard InChI is InChI=1S/C17H16N2O2/c1-12-7-8-16(14(11-12)5-4-10-20)19-17(21)15-6-3-9-18-13(15)2/h3,6-9,11,20H,10H2,1-2H3,(H,19,21). The summed E-state index contributed by atoms with van der Waals surface area (Å²) in [5.41, 5.74) is 3.53. The molecule has 4 nitrogen and oxygen atoms in total. The van der Waals surface area contributed by atoms with Gasteiger partial charge in [-0.1, -0.05) is 17.9 Å². The van der Waals surface area contributed by atoms with Crippen molar-refractivity contribution in [2.75, 3.05) is 11.9 Å². The zero-order valence-electron chi connectivity index (χ0n) is 12.0. The normalized spacial score (nSPS) is 9.67. The number of amides is 1. The second kappa shape index (κ2) is 6.69. The number of carbonyl (C=O) groups is 1. The van der Waals surface area contributed by atoms with Crippen LogP contribution in [0.15, 0.2) is 36.5 Å². The third-order valence-electron chi connectivity index (χ3n) is 2.98. The molecule has 2 aromatic rings. The maximum absolute atomic E-state index is 12.3. The van der Waals surface area contributed by atoms with Crippen LogP contribution < -0.4 is 5.32 Å². The van der Waals surface area contributed by atoms with Gasteiger partial charge in [-0.05, 0) is 43.7 Å². The van der Waals surface area contributed by atoms with E-state index in [0.29, 0.717) is 22.5 Å². The molecule has 1 aromatic carbocycles. The van der Waals surface area contributed by atoms with Crippen LogP contribution in [0.2, 0.25) is 0 Å². The van der Waals surface area contributed by atoms with Crippen LogP contribution in [0.5, 0.6) is 0 Å². The first-order valence-corrected chi connectivity index (χ1v) is 6.55. The van der Waals surface area contributed by atoms with Crippen LogP contribution in [0, 0.1) is 25.7 Å². The number of hydrogen-bond donors (Lipinski definition) is 2. The summed E-state index contributed by atoms with van der Waals surface area (Å²) in [7, 11) is 0. The molecule has 0 unspecified atom stereocenters. The first kappa shape index (κ1) is 14.8. The minimum atomic E-state index is -0.225. The minimum Gasteiger partial charge on any atom is -0.384 e. The largest absolute Gasteiger partial charge is 0.384 e. The highest BCUT2D eigenvalue weighted by atomic mass is 16.2. The Morgan fingerprint density at radius 3 is 2.86 bits per heavy atom. The smallest absolute Gasteiger partial charge is 0.257 e. The van der Waals surface area contributed by atoms with Crippen LogP contribution in [0.1, 0.15) is 27.2 Å². The highest BCUT2D eigenvalue weighted by molar-refractivity contribution is 6.05. The number of nitrogens with zero attached hydrogens (tertiary/aromatic N) is 1. The van der Waals surface area contributed by atoms with Gasteiger partial charge in [0.15, 0.2) is 0 Å². The number of aliphatic hydroxyl groups is 1. The van der Waals surface area contributed by atoms with Crippen molar-refractivity contribution < 1.29 is 9.90 Å². The highest BCUT2D eigenvalue weighted by Crippen LogP contribution is 2.18. The topological polar surface area (TPSA) is 62.2 Å². The molecule has 0 spiro atoms. The summed E-state index contributed by atoms with van der Waals surface area (Å²) in [6, 6.07) is 9.03. The molecule has 1 amide bonds. The SMILES string of the molecule is Cc1ccc(NC(=O)c2cccnc2C)c(C#CCO)c1. The molecule has 0 saturated carbocycles. The number of rotatable bonds is 2. The summed E-state index contributed by atoms with van der Waals surface area (Å²) in [6.45, 7) is 3.51. The van der Waals surface area contributed by atoms with Crippen molar-refractivity contribution in [3.05, 3.63) is 58.9 Å². The van der Waals surface area contributed by atoms with Crippen molar-refractivity contribution in [1.29, 1.82) is 0 Å². The molecule has 0 bridgehead atoms. The lowest BCUT2D eigenvalue weighted by Gasteiger charge is -2.09. The molecular formula is C17H16N2O2. The fraction of sp³-hybridized carbons (Fsp3) is 0.176. The summed E-state index contributed by atoms with van der Waals surface area (Å²) in [5.74, 6) is 5.22. The third-order valence-corrected chi connectivity index (χ3v) is 2.98. The van der Waals surface area contributed by atoms with Crippen LogP contribution in [0.4, 0.5) is 5.69 Å². The van der Waals surface area contributed by atoms with Crippen LogP contribution in [-0.4, -0.2) is 22.6 Å². The monoisotopic (exact) mass is 280 g/mol. The quantitative estimate of drug-likeness (QED) is 0.830. The average molecular weight is 280 g/mol. The summed E-state index contributed by atoms with van der Waals surface area (Å²) in [6.07, 6.45) is 1.65. The second-order valence-electron chi connectivity index (χ2n) is 4.60. The summed E-state index contributed by atoms with van der Waals surface area (Å²) in [4.78, 5) is 16.4. The van der Waals surface area contributed by atoms with E-state index in [1.165, 1.54) is 0 Å². The zero-order chi connectivity index (χ0) is 15.2. The molecule has 1 heterocycles. The molecule has 1 aromatic heterocycles. The van der Waals surface area contributed by atoms with E-state index in [1.807, 2.05) is 19.1 Å². The van der Waals surface area contributed by atoms with E-state index in [0.717, 1.165) is 5.56 Å². The Kier molecular flexibility index (Phi) is 4.70. The van der Waals surface area contributed by atoms with Crippen molar-refractivity contribution >= 4 is 11.6 Å². The number of hydrogen-bond acceptors (Lipinski definition) is 3. The number of anilines is 1. The van der Waals surface area contributed by atoms with Crippen LogP contribution in [0.3, 0.4) is 0 Å². The Balaban J connectivity index is 2.31. The van der Waals surface area contributed by atoms with E-state index >= 15 is 0 Å². The van der Waals surface area contributed by atoms with Gasteiger partial charge in [0.2, 0.25) is 0 Å². The van der Waals surface area contributed by atoms with Crippen LogP contribution in [0.25, 0.3) is 0 Å². The molecule has 0 aliphatic heterocycles. The lowest BCUT2D eigenvalue weighted by Crippen LogP contribution is -2.14. The van der Waals surface area contributed by atoms with Gasteiger partial charge in [-0.25, -0.2) is 0 Å². The molecule has 0 atom stereocenters. The van der Waals surface area contributed by atoms with Gasteiger partial charge in [0.1, 0.15) is 6.61 Å². The molecule has 0 aliphatic rings. The molecule has 2 rings (SSSR count). The molecule has 4 heteroatoms. The zero-order valence-corrected chi connectivity index (χ0v) is 12.0. The van der Waals surface area contributed by atoms with Gasteiger partial charge < -0.3 is 10.4 Å². The number of aliphatic hydroxyl groups excluding tert-OH is 1.